The molecular formula is C14H22N4O3. The molecule has 2 saturated heterocycles. The van der Waals surface area contributed by atoms with Crippen molar-refractivity contribution in [2.45, 2.75) is 57.4 Å². The number of ether oxygens (including phenoxy) is 1. The summed E-state index contributed by atoms with van der Waals surface area (Å²) in [5, 5.41) is 16.5. The first kappa shape index (κ1) is 14.5. The molecule has 1 unspecified atom stereocenters. The van der Waals surface area contributed by atoms with Crippen LogP contribution in [0.3, 0.4) is 0 Å². The lowest BCUT2D eigenvalue weighted by Crippen LogP contribution is -2.57. The number of aromatic carboxylic acids is 1. The molecule has 0 aromatic carbocycles. The lowest BCUT2D eigenvalue weighted by Gasteiger charge is -2.46. The molecule has 116 valence electrons. The standard InChI is InChI=1S/C14H22N4O3/c1-13(2)5-11(14(3,4)21-13)17-6-9(7-17)18-8-10(12(19)20)15-16-18/h8-9,11H,5-7H2,1-4H3,(H,19,20). The van der Waals surface area contributed by atoms with Gasteiger partial charge in [-0.3, -0.25) is 4.90 Å². The second kappa shape index (κ2) is 4.51. The molecular weight excluding hydrogens is 272 g/mol. The summed E-state index contributed by atoms with van der Waals surface area (Å²) in [4.78, 5) is 13.2. The number of hydrogen-bond donors (Lipinski definition) is 1. The van der Waals surface area contributed by atoms with E-state index in [1.807, 2.05) is 0 Å². The zero-order valence-electron chi connectivity index (χ0n) is 12.9. The zero-order valence-corrected chi connectivity index (χ0v) is 12.9. The van der Waals surface area contributed by atoms with Crippen LogP contribution in [0.1, 0.15) is 50.6 Å². The van der Waals surface area contributed by atoms with E-state index in [1.54, 1.807) is 4.68 Å². The van der Waals surface area contributed by atoms with Crippen molar-refractivity contribution >= 4 is 5.97 Å². The average molecular weight is 294 g/mol. The maximum atomic E-state index is 10.8. The normalized spacial score (nSPS) is 28.5. The number of carboxylic acid groups (broad SMARTS) is 1. The monoisotopic (exact) mass is 294 g/mol. The second-order valence-corrected chi connectivity index (χ2v) is 7.18. The van der Waals surface area contributed by atoms with Crippen LogP contribution in [0.15, 0.2) is 6.20 Å². The highest BCUT2D eigenvalue weighted by molar-refractivity contribution is 5.84. The number of carbonyl (C=O) groups is 1. The highest BCUT2D eigenvalue weighted by atomic mass is 16.5. The Labute approximate surface area is 123 Å². The number of likely N-dealkylation sites (tertiary alicyclic amines) is 1. The summed E-state index contributed by atoms with van der Waals surface area (Å²) in [6.07, 6.45) is 2.51. The van der Waals surface area contributed by atoms with Crippen LogP contribution in [-0.2, 0) is 4.74 Å². The number of aromatic nitrogens is 3. The summed E-state index contributed by atoms with van der Waals surface area (Å²) >= 11 is 0. The molecule has 0 spiro atoms. The minimum Gasteiger partial charge on any atom is -0.476 e. The summed E-state index contributed by atoms with van der Waals surface area (Å²) in [6, 6.07) is 0.580. The largest absolute Gasteiger partial charge is 0.476 e. The Morgan fingerprint density at radius 2 is 2.05 bits per heavy atom. The minimum absolute atomic E-state index is 0.000821. The number of carboxylic acids is 1. The maximum absolute atomic E-state index is 10.8. The van der Waals surface area contributed by atoms with E-state index in [4.69, 9.17) is 9.84 Å². The third-order valence-electron chi connectivity index (χ3n) is 4.46. The Kier molecular flexibility index (Phi) is 3.11. The molecule has 0 aliphatic carbocycles. The maximum Gasteiger partial charge on any atom is 0.358 e. The molecule has 7 nitrogen and oxygen atoms in total. The van der Waals surface area contributed by atoms with Gasteiger partial charge in [-0.05, 0) is 34.1 Å². The molecule has 1 N–H and O–H groups in total. The Morgan fingerprint density at radius 3 is 2.52 bits per heavy atom. The van der Waals surface area contributed by atoms with E-state index in [9.17, 15) is 4.79 Å². The van der Waals surface area contributed by atoms with Crippen molar-refractivity contribution in [3.05, 3.63) is 11.9 Å². The SMILES string of the molecule is CC1(C)CC(N2CC(n3cc(C(=O)O)nn3)C2)C(C)(C)O1. The molecule has 0 radical (unpaired) electrons. The summed E-state index contributed by atoms with van der Waals surface area (Å²) in [5.41, 5.74) is -0.259. The quantitative estimate of drug-likeness (QED) is 0.901. The fourth-order valence-electron chi connectivity index (χ4n) is 3.56. The molecule has 2 aliphatic heterocycles. The van der Waals surface area contributed by atoms with Crippen LogP contribution in [-0.4, -0.2) is 61.3 Å². The van der Waals surface area contributed by atoms with E-state index < -0.39 is 5.97 Å². The third kappa shape index (κ3) is 2.55. The van der Waals surface area contributed by atoms with Gasteiger partial charge in [0.2, 0.25) is 0 Å². The molecule has 1 aromatic rings. The molecule has 21 heavy (non-hydrogen) atoms. The van der Waals surface area contributed by atoms with E-state index in [-0.39, 0.29) is 22.9 Å². The van der Waals surface area contributed by atoms with Crippen LogP contribution in [0.4, 0.5) is 0 Å². The van der Waals surface area contributed by atoms with Crippen molar-refractivity contribution in [2.75, 3.05) is 13.1 Å². The van der Waals surface area contributed by atoms with Gasteiger partial charge in [0.1, 0.15) is 0 Å². The van der Waals surface area contributed by atoms with Crippen molar-refractivity contribution in [1.82, 2.24) is 19.9 Å². The van der Waals surface area contributed by atoms with Crippen molar-refractivity contribution in [2.24, 2.45) is 0 Å². The molecule has 3 heterocycles. The molecule has 7 heteroatoms. The van der Waals surface area contributed by atoms with Gasteiger partial charge < -0.3 is 9.84 Å². The van der Waals surface area contributed by atoms with E-state index in [0.29, 0.717) is 6.04 Å². The van der Waals surface area contributed by atoms with Crippen molar-refractivity contribution < 1.29 is 14.6 Å². The molecule has 1 aromatic heterocycles. The van der Waals surface area contributed by atoms with E-state index in [1.165, 1.54) is 6.20 Å². The van der Waals surface area contributed by atoms with Gasteiger partial charge in [0.25, 0.3) is 0 Å². The smallest absolute Gasteiger partial charge is 0.358 e. The highest BCUT2D eigenvalue weighted by Gasteiger charge is 2.51. The summed E-state index contributed by atoms with van der Waals surface area (Å²) in [6.45, 7) is 10.2. The molecule has 2 aliphatic rings. The van der Waals surface area contributed by atoms with Gasteiger partial charge in [-0.1, -0.05) is 5.21 Å². The Morgan fingerprint density at radius 1 is 1.38 bits per heavy atom. The van der Waals surface area contributed by atoms with Gasteiger partial charge >= 0.3 is 5.97 Å². The molecule has 3 rings (SSSR count). The van der Waals surface area contributed by atoms with Crippen LogP contribution in [0.5, 0.6) is 0 Å². The van der Waals surface area contributed by atoms with Gasteiger partial charge in [0, 0.05) is 19.1 Å². The van der Waals surface area contributed by atoms with E-state index >= 15 is 0 Å². The second-order valence-electron chi connectivity index (χ2n) is 7.18. The van der Waals surface area contributed by atoms with Gasteiger partial charge in [-0.15, -0.1) is 5.10 Å². The zero-order chi connectivity index (χ0) is 15.4. The number of rotatable bonds is 3. The van der Waals surface area contributed by atoms with Crippen molar-refractivity contribution in [3.63, 3.8) is 0 Å². The molecule has 0 saturated carbocycles. The van der Waals surface area contributed by atoms with E-state index in [2.05, 4.69) is 42.9 Å². The van der Waals surface area contributed by atoms with Gasteiger partial charge in [-0.2, -0.15) is 0 Å². The first-order valence-electron chi connectivity index (χ1n) is 7.27. The fourth-order valence-corrected chi connectivity index (χ4v) is 3.56. The Bertz CT molecular complexity index is 560. The summed E-state index contributed by atoms with van der Waals surface area (Å²) in [5.74, 6) is -1.04. The van der Waals surface area contributed by atoms with Crippen LogP contribution in [0.25, 0.3) is 0 Å². The predicted octanol–water partition coefficient (Wildman–Crippen LogP) is 1.18. The van der Waals surface area contributed by atoms with Crippen LogP contribution >= 0.6 is 0 Å². The van der Waals surface area contributed by atoms with Gasteiger partial charge in [0.15, 0.2) is 5.69 Å². The Balaban J connectivity index is 1.64. The number of hydrogen-bond acceptors (Lipinski definition) is 5. The molecule has 0 amide bonds. The topological polar surface area (TPSA) is 80.5 Å². The predicted molar refractivity (Wildman–Crippen MR) is 75.2 cm³/mol. The van der Waals surface area contributed by atoms with Crippen LogP contribution in [0.2, 0.25) is 0 Å². The lowest BCUT2D eigenvalue weighted by atomic mass is 9.90. The van der Waals surface area contributed by atoms with Gasteiger partial charge in [-0.25, -0.2) is 9.48 Å². The molecule has 1 atom stereocenters. The molecule has 2 fully saturated rings. The van der Waals surface area contributed by atoms with Crippen LogP contribution in [0, 0.1) is 0 Å². The summed E-state index contributed by atoms with van der Waals surface area (Å²) < 4.78 is 7.79. The average Bonchev–Trinajstić information content (AvgIpc) is 2.80. The Hall–Kier alpha value is -1.47. The first-order chi connectivity index (χ1) is 9.68. The first-order valence-corrected chi connectivity index (χ1v) is 7.27. The van der Waals surface area contributed by atoms with Crippen molar-refractivity contribution in [3.8, 4) is 0 Å². The van der Waals surface area contributed by atoms with Crippen molar-refractivity contribution in [1.29, 1.82) is 0 Å². The fraction of sp³-hybridized carbons (Fsp3) is 0.786. The molecule has 0 bridgehead atoms. The summed E-state index contributed by atoms with van der Waals surface area (Å²) in [7, 11) is 0. The van der Waals surface area contributed by atoms with Gasteiger partial charge in [0.05, 0.1) is 23.4 Å². The third-order valence-corrected chi connectivity index (χ3v) is 4.46. The highest BCUT2D eigenvalue weighted by Crippen LogP contribution is 2.42. The lowest BCUT2D eigenvalue weighted by molar-refractivity contribution is -0.0910. The number of nitrogens with zero attached hydrogens (tertiary/aromatic N) is 4. The van der Waals surface area contributed by atoms with Crippen LogP contribution < -0.4 is 0 Å². The van der Waals surface area contributed by atoms with E-state index in [0.717, 1.165) is 19.5 Å². The minimum atomic E-state index is -1.04.